The van der Waals surface area contributed by atoms with Gasteiger partial charge in [-0.05, 0) is 37.6 Å². The first-order valence-corrected chi connectivity index (χ1v) is 8.95. The number of nitrogens with zero attached hydrogens (tertiary/aromatic N) is 4. The Kier molecular flexibility index (Phi) is 6.01. The quantitative estimate of drug-likeness (QED) is 0.736. The number of aromatic nitrogens is 2. The molecule has 26 heavy (non-hydrogen) atoms. The highest BCUT2D eigenvalue weighted by Gasteiger charge is 2.16. The smallest absolute Gasteiger partial charge is 0.356 e. The van der Waals surface area contributed by atoms with Crippen molar-refractivity contribution >= 4 is 17.5 Å². The summed E-state index contributed by atoms with van der Waals surface area (Å²) < 4.78 is 0. The van der Waals surface area contributed by atoms with Gasteiger partial charge in [-0.3, -0.25) is 4.90 Å². The normalized spacial score (nSPS) is 15.0. The fourth-order valence-electron chi connectivity index (χ4n) is 3.10. The molecule has 1 aromatic heterocycles. The van der Waals surface area contributed by atoms with Crippen LogP contribution in [-0.2, 0) is 0 Å². The molecule has 1 aromatic carbocycles. The fraction of sp³-hybridized carbons (Fsp3) is 0.421. The largest absolute Gasteiger partial charge is 0.476 e. The van der Waals surface area contributed by atoms with Gasteiger partial charge in [-0.25, -0.2) is 14.8 Å². The van der Waals surface area contributed by atoms with Gasteiger partial charge in [0.1, 0.15) is 5.82 Å². The van der Waals surface area contributed by atoms with E-state index < -0.39 is 5.97 Å². The third kappa shape index (κ3) is 4.92. The average molecular weight is 355 g/mol. The maximum absolute atomic E-state index is 10.7. The van der Waals surface area contributed by atoms with Crippen LogP contribution in [0.1, 0.15) is 22.5 Å². The number of aryl methyl sites for hydroxylation is 1. The second-order valence-electron chi connectivity index (χ2n) is 6.54. The van der Waals surface area contributed by atoms with Crippen LogP contribution in [0, 0.1) is 6.92 Å². The van der Waals surface area contributed by atoms with E-state index in [4.69, 9.17) is 5.11 Å². The number of nitrogens with one attached hydrogen (secondary N) is 1. The van der Waals surface area contributed by atoms with E-state index in [-0.39, 0.29) is 5.69 Å². The third-order valence-corrected chi connectivity index (χ3v) is 4.57. The van der Waals surface area contributed by atoms with Gasteiger partial charge < -0.3 is 15.3 Å². The topological polar surface area (TPSA) is 81.6 Å². The van der Waals surface area contributed by atoms with Crippen LogP contribution < -0.4 is 10.2 Å². The lowest BCUT2D eigenvalue weighted by atomic mass is 10.2. The number of hydrogen-bond donors (Lipinski definition) is 2. The summed E-state index contributed by atoms with van der Waals surface area (Å²) in [7, 11) is 0. The maximum Gasteiger partial charge on any atom is 0.356 e. The molecule has 1 aliphatic rings. The van der Waals surface area contributed by atoms with Gasteiger partial charge >= 0.3 is 5.97 Å². The first-order valence-electron chi connectivity index (χ1n) is 8.95. The molecule has 7 nitrogen and oxygen atoms in total. The first-order chi connectivity index (χ1) is 12.6. The van der Waals surface area contributed by atoms with E-state index in [9.17, 15) is 4.79 Å². The van der Waals surface area contributed by atoms with Gasteiger partial charge in [0.15, 0.2) is 5.69 Å². The minimum absolute atomic E-state index is 0.0398. The minimum atomic E-state index is -1.06. The zero-order chi connectivity index (χ0) is 18.4. The lowest BCUT2D eigenvalue weighted by Gasteiger charge is -2.36. The van der Waals surface area contributed by atoms with E-state index in [2.05, 4.69) is 56.3 Å². The van der Waals surface area contributed by atoms with E-state index >= 15 is 0 Å². The molecule has 0 bridgehead atoms. The van der Waals surface area contributed by atoms with Crippen molar-refractivity contribution in [2.75, 3.05) is 49.5 Å². The molecule has 1 saturated heterocycles. The van der Waals surface area contributed by atoms with E-state index in [1.54, 1.807) is 0 Å². The lowest BCUT2D eigenvalue weighted by molar-refractivity contribution is 0.0690. The summed E-state index contributed by atoms with van der Waals surface area (Å²) in [5.41, 5.74) is 2.58. The van der Waals surface area contributed by atoms with Crippen LogP contribution in [-0.4, -0.2) is 65.2 Å². The molecule has 1 fully saturated rings. The van der Waals surface area contributed by atoms with E-state index in [1.165, 1.54) is 23.6 Å². The summed E-state index contributed by atoms with van der Waals surface area (Å²) in [4.78, 5) is 23.6. The number of aromatic carboxylic acids is 1. The van der Waals surface area contributed by atoms with E-state index in [0.29, 0.717) is 5.82 Å². The van der Waals surface area contributed by atoms with Gasteiger partial charge in [0.2, 0.25) is 0 Å². The van der Waals surface area contributed by atoms with Crippen molar-refractivity contribution in [3.63, 3.8) is 0 Å². The summed E-state index contributed by atoms with van der Waals surface area (Å²) in [5, 5.41) is 12.0. The number of carboxylic acids is 1. The summed E-state index contributed by atoms with van der Waals surface area (Å²) in [6.07, 6.45) is 3.74. The zero-order valence-electron chi connectivity index (χ0n) is 15.1. The van der Waals surface area contributed by atoms with E-state index in [0.717, 1.165) is 45.7 Å². The minimum Gasteiger partial charge on any atom is -0.476 e. The Balaban J connectivity index is 1.35. The molecular formula is C19H25N5O2. The lowest BCUT2D eigenvalue weighted by Crippen LogP contribution is -2.46. The number of carboxylic acid groups (broad SMARTS) is 1. The van der Waals surface area contributed by atoms with Crippen molar-refractivity contribution in [3.05, 3.63) is 47.9 Å². The molecule has 0 unspecified atom stereocenters. The Bertz CT molecular complexity index is 727. The third-order valence-electron chi connectivity index (χ3n) is 4.57. The van der Waals surface area contributed by atoms with Gasteiger partial charge in [0.05, 0.1) is 12.4 Å². The Hall–Kier alpha value is -2.67. The van der Waals surface area contributed by atoms with Crippen LogP contribution in [0.2, 0.25) is 0 Å². The molecule has 138 valence electrons. The predicted molar refractivity (Wildman–Crippen MR) is 102 cm³/mol. The van der Waals surface area contributed by atoms with Gasteiger partial charge in [-0.1, -0.05) is 12.1 Å². The molecule has 2 heterocycles. The first kappa shape index (κ1) is 18.1. The number of rotatable bonds is 7. The van der Waals surface area contributed by atoms with Crippen molar-refractivity contribution in [1.82, 2.24) is 14.9 Å². The van der Waals surface area contributed by atoms with Crippen LogP contribution >= 0.6 is 0 Å². The molecular weight excluding hydrogens is 330 g/mol. The molecule has 0 aliphatic carbocycles. The molecule has 7 heteroatoms. The predicted octanol–water partition coefficient (Wildman–Crippen LogP) is 2.11. The molecule has 0 atom stereocenters. The van der Waals surface area contributed by atoms with Crippen molar-refractivity contribution in [3.8, 4) is 0 Å². The SMILES string of the molecule is Cc1cccc(N2CCN(CCCNc3cnc(C(=O)O)cn3)CC2)c1. The van der Waals surface area contributed by atoms with Gasteiger partial charge in [-0.15, -0.1) is 0 Å². The molecule has 0 spiro atoms. The molecule has 1 aliphatic heterocycles. The summed E-state index contributed by atoms with van der Waals surface area (Å²) in [5.74, 6) is -0.451. The van der Waals surface area contributed by atoms with Crippen LogP contribution in [0.15, 0.2) is 36.7 Å². The summed E-state index contributed by atoms with van der Waals surface area (Å²) in [6, 6.07) is 8.68. The summed E-state index contributed by atoms with van der Waals surface area (Å²) in [6.45, 7) is 8.21. The van der Waals surface area contributed by atoms with Crippen molar-refractivity contribution in [1.29, 1.82) is 0 Å². The highest BCUT2D eigenvalue weighted by molar-refractivity contribution is 5.84. The molecule has 3 rings (SSSR count). The summed E-state index contributed by atoms with van der Waals surface area (Å²) >= 11 is 0. The number of piperazine rings is 1. The van der Waals surface area contributed by atoms with E-state index in [1.807, 2.05) is 0 Å². The van der Waals surface area contributed by atoms with Crippen LogP contribution in [0.5, 0.6) is 0 Å². The Morgan fingerprint density at radius 2 is 2.00 bits per heavy atom. The van der Waals surface area contributed by atoms with Gasteiger partial charge in [0, 0.05) is 38.4 Å². The monoisotopic (exact) mass is 355 g/mol. The Labute approximate surface area is 153 Å². The highest BCUT2D eigenvalue weighted by atomic mass is 16.4. The highest BCUT2D eigenvalue weighted by Crippen LogP contribution is 2.17. The second kappa shape index (κ2) is 8.62. The Morgan fingerprint density at radius 1 is 1.19 bits per heavy atom. The molecule has 2 aromatic rings. The number of benzene rings is 1. The van der Waals surface area contributed by atoms with Crippen molar-refractivity contribution in [2.24, 2.45) is 0 Å². The number of anilines is 2. The molecule has 2 N–H and O–H groups in total. The molecule has 0 amide bonds. The van der Waals surface area contributed by atoms with Crippen LogP contribution in [0.25, 0.3) is 0 Å². The molecule has 0 radical (unpaired) electrons. The zero-order valence-corrected chi connectivity index (χ0v) is 15.1. The number of hydrogen-bond acceptors (Lipinski definition) is 6. The van der Waals surface area contributed by atoms with Crippen molar-refractivity contribution in [2.45, 2.75) is 13.3 Å². The van der Waals surface area contributed by atoms with Gasteiger partial charge in [0.25, 0.3) is 0 Å². The Morgan fingerprint density at radius 3 is 2.65 bits per heavy atom. The number of carbonyl (C=O) groups is 1. The average Bonchev–Trinajstić information content (AvgIpc) is 2.66. The van der Waals surface area contributed by atoms with Crippen molar-refractivity contribution < 1.29 is 9.90 Å². The van der Waals surface area contributed by atoms with Crippen LogP contribution in [0.3, 0.4) is 0 Å². The second-order valence-corrected chi connectivity index (χ2v) is 6.54. The maximum atomic E-state index is 10.7. The van der Waals surface area contributed by atoms with Gasteiger partial charge in [-0.2, -0.15) is 0 Å². The molecule has 0 saturated carbocycles. The fourth-order valence-corrected chi connectivity index (χ4v) is 3.10. The van der Waals surface area contributed by atoms with Crippen LogP contribution in [0.4, 0.5) is 11.5 Å². The standard InChI is InChI=1S/C19H25N5O2/c1-15-4-2-5-16(12-15)24-10-8-23(9-11-24)7-3-6-20-18-14-21-17(13-22-18)19(25)26/h2,4-5,12-14H,3,6-11H2,1H3,(H,20,22)(H,25,26).